The van der Waals surface area contributed by atoms with E-state index in [0.29, 0.717) is 6.54 Å². The molecule has 1 aliphatic heterocycles. The molecule has 0 saturated carbocycles. The van der Waals surface area contributed by atoms with Crippen LogP contribution in [0.2, 0.25) is 0 Å². The first-order valence-electron chi connectivity index (χ1n) is 10.7. The van der Waals surface area contributed by atoms with Gasteiger partial charge in [-0.15, -0.1) is 0 Å². The molecule has 2 aromatic carbocycles. The van der Waals surface area contributed by atoms with Gasteiger partial charge < -0.3 is 10.2 Å². The van der Waals surface area contributed by atoms with Crippen molar-refractivity contribution in [2.45, 2.75) is 32.1 Å². The molecule has 0 atom stereocenters. The van der Waals surface area contributed by atoms with Crippen LogP contribution in [0.3, 0.4) is 0 Å². The van der Waals surface area contributed by atoms with E-state index >= 15 is 0 Å². The quantitative estimate of drug-likeness (QED) is 0.747. The van der Waals surface area contributed by atoms with E-state index in [-0.39, 0.29) is 24.9 Å². The van der Waals surface area contributed by atoms with Gasteiger partial charge in [0.1, 0.15) is 13.1 Å². The van der Waals surface area contributed by atoms with Gasteiger partial charge in [-0.1, -0.05) is 60.2 Å². The second-order valence-electron chi connectivity index (χ2n) is 7.74. The first kappa shape index (κ1) is 20.1. The molecule has 2 amide bonds. The van der Waals surface area contributed by atoms with Crippen molar-refractivity contribution in [3.63, 3.8) is 0 Å². The van der Waals surface area contributed by atoms with Gasteiger partial charge in [-0.25, -0.2) is 0 Å². The summed E-state index contributed by atoms with van der Waals surface area (Å²) < 4.78 is 0. The van der Waals surface area contributed by atoms with Gasteiger partial charge in [0.05, 0.1) is 11.4 Å². The first-order valence-corrected chi connectivity index (χ1v) is 10.7. The van der Waals surface area contributed by atoms with Crippen molar-refractivity contribution in [2.75, 3.05) is 24.5 Å². The Labute approximate surface area is 177 Å². The highest BCUT2D eigenvalue weighted by Gasteiger charge is 2.26. The largest absolute Gasteiger partial charge is 0.354 e. The van der Waals surface area contributed by atoms with E-state index in [1.165, 1.54) is 18.4 Å². The molecular formula is C25H27N3O2. The van der Waals surface area contributed by atoms with Crippen molar-refractivity contribution >= 4 is 23.2 Å². The fourth-order valence-electron chi connectivity index (χ4n) is 4.07. The van der Waals surface area contributed by atoms with E-state index in [2.05, 4.69) is 16.4 Å². The Kier molecular flexibility index (Phi) is 6.38. The Bertz CT molecular complexity index is 979. The van der Waals surface area contributed by atoms with Crippen molar-refractivity contribution < 1.29 is 9.59 Å². The number of hydrogen-bond donors (Lipinski definition) is 1. The van der Waals surface area contributed by atoms with Gasteiger partial charge in [-0.2, -0.15) is 0 Å². The number of hydrogen-bond acceptors (Lipinski definition) is 3. The Morgan fingerprint density at radius 2 is 1.83 bits per heavy atom. The molecule has 154 valence electrons. The second-order valence-corrected chi connectivity index (χ2v) is 7.74. The van der Waals surface area contributed by atoms with Gasteiger partial charge in [0.15, 0.2) is 0 Å². The van der Waals surface area contributed by atoms with Crippen LogP contribution in [0.4, 0.5) is 5.69 Å². The van der Waals surface area contributed by atoms with Crippen LogP contribution in [0.25, 0.3) is 0 Å². The lowest BCUT2D eigenvalue weighted by molar-refractivity contribution is -0.123. The summed E-state index contributed by atoms with van der Waals surface area (Å²) in [5.74, 6) is -0.309. The summed E-state index contributed by atoms with van der Waals surface area (Å²) in [5.41, 5.74) is 4.78. The number of para-hydroxylation sites is 1. The predicted octanol–water partition coefficient (Wildman–Crippen LogP) is 3.88. The van der Waals surface area contributed by atoms with Gasteiger partial charge in [0.25, 0.3) is 0 Å². The number of amides is 2. The number of nitrogens with one attached hydrogen (secondary N) is 1. The van der Waals surface area contributed by atoms with Crippen LogP contribution in [-0.2, 0) is 9.59 Å². The second kappa shape index (κ2) is 9.53. The number of benzene rings is 2. The lowest BCUT2D eigenvalue weighted by atomic mass is 9.97. The minimum atomic E-state index is -0.168. The zero-order valence-corrected chi connectivity index (χ0v) is 17.1. The molecule has 1 heterocycles. The molecule has 5 heteroatoms. The van der Waals surface area contributed by atoms with E-state index in [0.717, 1.165) is 41.8 Å². The molecule has 0 bridgehead atoms. The normalized spacial score (nSPS) is 16.3. The number of allylic oxidation sites excluding steroid dienone is 1. The van der Waals surface area contributed by atoms with Gasteiger partial charge in [0, 0.05) is 17.7 Å². The standard InChI is InChI=1S/C25H27N3O2/c29-23(26-16-15-19-9-3-1-4-10-19)18-28-22-14-8-7-13-21(22)25(27-17-24(28)30)20-11-5-2-6-12-20/h2,5-9,11-14H,1,3-4,10,15-18H2,(H,26,29). The zero-order valence-electron chi connectivity index (χ0n) is 17.1. The molecule has 0 aromatic heterocycles. The number of carbonyl (C=O) groups excluding carboxylic acids is 2. The van der Waals surface area contributed by atoms with E-state index in [9.17, 15) is 9.59 Å². The van der Waals surface area contributed by atoms with Crippen molar-refractivity contribution in [1.82, 2.24) is 5.32 Å². The topological polar surface area (TPSA) is 61.8 Å². The molecule has 30 heavy (non-hydrogen) atoms. The van der Waals surface area contributed by atoms with Crippen LogP contribution >= 0.6 is 0 Å². The van der Waals surface area contributed by atoms with E-state index in [1.54, 1.807) is 4.90 Å². The highest BCUT2D eigenvalue weighted by molar-refractivity contribution is 6.20. The maximum Gasteiger partial charge on any atom is 0.249 e. The number of carbonyl (C=O) groups is 2. The fraction of sp³-hybridized carbons (Fsp3) is 0.320. The molecular weight excluding hydrogens is 374 g/mol. The maximum absolute atomic E-state index is 12.8. The van der Waals surface area contributed by atoms with Gasteiger partial charge >= 0.3 is 0 Å². The smallest absolute Gasteiger partial charge is 0.249 e. The summed E-state index contributed by atoms with van der Waals surface area (Å²) in [5, 5.41) is 2.98. The van der Waals surface area contributed by atoms with Crippen molar-refractivity contribution in [3.05, 3.63) is 77.4 Å². The fourth-order valence-corrected chi connectivity index (χ4v) is 4.07. The first-order chi connectivity index (χ1) is 14.7. The summed E-state index contributed by atoms with van der Waals surface area (Å²) >= 11 is 0. The summed E-state index contributed by atoms with van der Waals surface area (Å²) in [7, 11) is 0. The number of aliphatic imine (C=N–C) groups is 1. The lowest BCUT2D eigenvalue weighted by Gasteiger charge is -2.22. The van der Waals surface area contributed by atoms with E-state index in [4.69, 9.17) is 0 Å². The van der Waals surface area contributed by atoms with Crippen LogP contribution in [0.1, 0.15) is 43.2 Å². The van der Waals surface area contributed by atoms with E-state index < -0.39 is 0 Å². The Hall–Kier alpha value is -3.21. The SMILES string of the molecule is O=C(CN1C(=O)CN=C(c2ccccc2)c2ccccc21)NCCC1=CCCCC1. The molecule has 0 spiro atoms. The maximum atomic E-state index is 12.8. The summed E-state index contributed by atoms with van der Waals surface area (Å²) in [6.07, 6.45) is 7.96. The zero-order chi connectivity index (χ0) is 20.8. The minimum absolute atomic E-state index is 0.00643. The Morgan fingerprint density at radius 3 is 2.63 bits per heavy atom. The van der Waals surface area contributed by atoms with Crippen LogP contribution in [0.15, 0.2) is 71.2 Å². The molecule has 2 aliphatic rings. The number of benzodiazepines with no additional fused rings is 1. The van der Waals surface area contributed by atoms with Crippen LogP contribution in [-0.4, -0.2) is 37.2 Å². The summed E-state index contributed by atoms with van der Waals surface area (Å²) in [6.45, 7) is 0.645. The number of fused-ring (bicyclic) bond motifs is 1. The Morgan fingerprint density at radius 1 is 1.03 bits per heavy atom. The van der Waals surface area contributed by atoms with Crippen molar-refractivity contribution in [3.8, 4) is 0 Å². The molecule has 0 radical (unpaired) electrons. The third-order valence-corrected chi connectivity index (χ3v) is 5.63. The van der Waals surface area contributed by atoms with Crippen LogP contribution in [0, 0.1) is 0 Å². The van der Waals surface area contributed by atoms with E-state index in [1.807, 2.05) is 54.6 Å². The van der Waals surface area contributed by atoms with Gasteiger partial charge in [-0.3, -0.25) is 14.6 Å². The molecule has 4 rings (SSSR count). The number of rotatable bonds is 6. The molecule has 2 aromatic rings. The van der Waals surface area contributed by atoms with Gasteiger partial charge in [0.2, 0.25) is 11.8 Å². The third kappa shape index (κ3) is 4.67. The Balaban J connectivity index is 1.48. The number of anilines is 1. The minimum Gasteiger partial charge on any atom is -0.354 e. The average molecular weight is 402 g/mol. The monoisotopic (exact) mass is 401 g/mol. The molecule has 0 fully saturated rings. The lowest BCUT2D eigenvalue weighted by Crippen LogP contribution is -2.42. The molecule has 0 saturated heterocycles. The molecule has 1 aliphatic carbocycles. The molecule has 1 N–H and O–H groups in total. The molecule has 0 unspecified atom stereocenters. The van der Waals surface area contributed by atoms with Gasteiger partial charge in [-0.05, 0) is 38.2 Å². The van der Waals surface area contributed by atoms with Crippen LogP contribution in [0.5, 0.6) is 0 Å². The van der Waals surface area contributed by atoms with Crippen LogP contribution < -0.4 is 10.2 Å². The summed E-state index contributed by atoms with van der Waals surface area (Å²) in [6, 6.07) is 17.5. The average Bonchev–Trinajstić information content (AvgIpc) is 2.92. The predicted molar refractivity (Wildman–Crippen MR) is 120 cm³/mol. The third-order valence-electron chi connectivity index (χ3n) is 5.63. The van der Waals surface area contributed by atoms with Crippen molar-refractivity contribution in [1.29, 1.82) is 0 Å². The van der Waals surface area contributed by atoms with Crippen molar-refractivity contribution in [2.24, 2.45) is 4.99 Å². The number of nitrogens with zero attached hydrogens (tertiary/aromatic N) is 2. The highest BCUT2D eigenvalue weighted by atomic mass is 16.2. The highest BCUT2D eigenvalue weighted by Crippen LogP contribution is 2.26. The summed E-state index contributed by atoms with van der Waals surface area (Å²) in [4.78, 5) is 31.6. The molecule has 5 nitrogen and oxygen atoms in total.